The molecule has 154 valence electrons. The first-order valence-electron chi connectivity index (χ1n) is 10.7. The molecule has 5 heteroatoms. The van der Waals surface area contributed by atoms with Crippen molar-refractivity contribution in [2.75, 3.05) is 39.4 Å². The van der Waals surface area contributed by atoms with E-state index in [4.69, 9.17) is 9.47 Å². The highest BCUT2D eigenvalue weighted by atomic mass is 16.5. The molecule has 1 amide bonds. The molecule has 4 rings (SSSR count). The highest BCUT2D eigenvalue weighted by molar-refractivity contribution is 5.94. The second kappa shape index (κ2) is 9.90. The van der Waals surface area contributed by atoms with E-state index in [2.05, 4.69) is 29.2 Å². The van der Waals surface area contributed by atoms with E-state index < -0.39 is 0 Å². The number of ether oxygens (including phenoxy) is 2. The first-order chi connectivity index (χ1) is 14.3. The predicted octanol–water partition coefficient (Wildman–Crippen LogP) is 3.59. The van der Waals surface area contributed by atoms with Crippen molar-refractivity contribution in [1.29, 1.82) is 0 Å². The van der Waals surface area contributed by atoms with Crippen LogP contribution in [0.1, 0.15) is 35.2 Å². The number of carbonyl (C=O) groups is 1. The average molecular weight is 395 g/mol. The summed E-state index contributed by atoms with van der Waals surface area (Å²) in [6, 6.07) is 18.1. The third-order valence-electron chi connectivity index (χ3n) is 5.67. The van der Waals surface area contributed by atoms with Gasteiger partial charge in [-0.05, 0) is 43.0 Å². The summed E-state index contributed by atoms with van der Waals surface area (Å²) in [5.74, 6) is 0.834. The Kier molecular flexibility index (Phi) is 6.80. The maximum Gasteiger partial charge on any atom is 0.254 e. The van der Waals surface area contributed by atoms with Crippen LogP contribution in [0.25, 0.3) is 0 Å². The third kappa shape index (κ3) is 5.58. The van der Waals surface area contributed by atoms with Crippen molar-refractivity contribution in [1.82, 2.24) is 9.80 Å². The van der Waals surface area contributed by atoms with Crippen molar-refractivity contribution < 1.29 is 14.3 Å². The molecule has 2 aromatic carbocycles. The van der Waals surface area contributed by atoms with Gasteiger partial charge in [0, 0.05) is 44.9 Å². The summed E-state index contributed by atoms with van der Waals surface area (Å²) in [5.41, 5.74) is 2.02. The molecule has 0 N–H and O–H groups in total. The summed E-state index contributed by atoms with van der Waals surface area (Å²) in [4.78, 5) is 17.5. The monoisotopic (exact) mass is 394 g/mol. The van der Waals surface area contributed by atoms with E-state index >= 15 is 0 Å². The number of hydrogen-bond acceptors (Lipinski definition) is 4. The van der Waals surface area contributed by atoms with Crippen LogP contribution in [0.5, 0.6) is 5.75 Å². The van der Waals surface area contributed by atoms with Gasteiger partial charge in [-0.3, -0.25) is 9.69 Å². The minimum atomic E-state index is 0.0918. The van der Waals surface area contributed by atoms with Crippen molar-refractivity contribution >= 4 is 5.91 Å². The molecule has 0 aromatic heterocycles. The quantitative estimate of drug-likeness (QED) is 0.751. The van der Waals surface area contributed by atoms with Gasteiger partial charge in [0.15, 0.2) is 0 Å². The van der Waals surface area contributed by atoms with Crippen LogP contribution in [-0.2, 0) is 11.3 Å². The number of carbonyl (C=O) groups excluding carboxylic acids is 1. The Labute approximate surface area is 173 Å². The summed E-state index contributed by atoms with van der Waals surface area (Å²) < 4.78 is 11.5. The fourth-order valence-corrected chi connectivity index (χ4v) is 4.04. The molecule has 29 heavy (non-hydrogen) atoms. The van der Waals surface area contributed by atoms with Crippen molar-refractivity contribution in [3.05, 3.63) is 65.7 Å². The molecule has 2 saturated heterocycles. The van der Waals surface area contributed by atoms with E-state index in [0.717, 1.165) is 64.3 Å². The lowest BCUT2D eigenvalue weighted by molar-refractivity contribution is 0.0677. The predicted molar refractivity (Wildman–Crippen MR) is 113 cm³/mol. The van der Waals surface area contributed by atoms with Gasteiger partial charge >= 0.3 is 0 Å². The molecule has 5 nitrogen and oxygen atoms in total. The summed E-state index contributed by atoms with van der Waals surface area (Å²) in [6.07, 6.45) is 3.32. The zero-order valence-electron chi connectivity index (χ0n) is 17.0. The van der Waals surface area contributed by atoms with E-state index in [1.807, 2.05) is 35.2 Å². The van der Waals surface area contributed by atoms with Crippen molar-refractivity contribution in [3.8, 4) is 5.75 Å². The number of hydrogen-bond donors (Lipinski definition) is 0. The van der Waals surface area contributed by atoms with Gasteiger partial charge in [-0.15, -0.1) is 0 Å². The lowest BCUT2D eigenvalue weighted by Crippen LogP contribution is -2.35. The van der Waals surface area contributed by atoms with Crippen LogP contribution in [0.2, 0.25) is 0 Å². The average Bonchev–Trinajstić information content (AvgIpc) is 3.18. The Bertz CT molecular complexity index is 790. The van der Waals surface area contributed by atoms with E-state index in [9.17, 15) is 4.79 Å². The van der Waals surface area contributed by atoms with Gasteiger partial charge in [-0.1, -0.05) is 36.4 Å². The van der Waals surface area contributed by atoms with Crippen LogP contribution < -0.4 is 4.74 Å². The minimum Gasteiger partial charge on any atom is -0.491 e. The third-order valence-corrected chi connectivity index (χ3v) is 5.67. The zero-order valence-corrected chi connectivity index (χ0v) is 17.0. The van der Waals surface area contributed by atoms with Gasteiger partial charge in [0.25, 0.3) is 5.91 Å². The Balaban J connectivity index is 1.32. The van der Waals surface area contributed by atoms with Crippen LogP contribution in [0, 0.1) is 0 Å². The number of benzene rings is 2. The van der Waals surface area contributed by atoms with Crippen LogP contribution in [-0.4, -0.2) is 61.2 Å². The summed E-state index contributed by atoms with van der Waals surface area (Å²) in [6.45, 7) is 5.78. The minimum absolute atomic E-state index is 0.0918. The highest BCUT2D eigenvalue weighted by Crippen LogP contribution is 2.19. The Morgan fingerprint density at radius 1 is 1.00 bits per heavy atom. The maximum atomic E-state index is 13.1. The normalized spacial score (nSPS) is 20.4. The van der Waals surface area contributed by atoms with Crippen molar-refractivity contribution in [2.45, 2.75) is 31.9 Å². The second-order valence-electron chi connectivity index (χ2n) is 7.88. The molecule has 2 fully saturated rings. The Hall–Kier alpha value is -2.37. The summed E-state index contributed by atoms with van der Waals surface area (Å²) in [7, 11) is 0. The molecule has 2 aromatic rings. The van der Waals surface area contributed by atoms with Gasteiger partial charge in [-0.2, -0.15) is 0 Å². The largest absolute Gasteiger partial charge is 0.491 e. The summed E-state index contributed by atoms with van der Waals surface area (Å²) in [5, 5.41) is 0. The fraction of sp³-hybridized carbons (Fsp3) is 0.458. The molecule has 2 aliphatic rings. The first-order valence-corrected chi connectivity index (χ1v) is 10.7. The topological polar surface area (TPSA) is 42.0 Å². The first kappa shape index (κ1) is 19.9. The smallest absolute Gasteiger partial charge is 0.254 e. The Morgan fingerprint density at radius 2 is 1.90 bits per heavy atom. The van der Waals surface area contributed by atoms with E-state index in [1.54, 1.807) is 0 Å². The molecule has 1 unspecified atom stereocenters. The van der Waals surface area contributed by atoms with Gasteiger partial charge in [0.05, 0.1) is 6.10 Å². The maximum absolute atomic E-state index is 13.1. The molecular formula is C24H30N2O3. The molecule has 0 aliphatic carbocycles. The zero-order chi connectivity index (χ0) is 19.9. The van der Waals surface area contributed by atoms with Gasteiger partial charge in [-0.25, -0.2) is 0 Å². The standard InChI is InChI=1S/C24H30N2O3/c27-24(21-9-4-10-22(17-21)29-19-23-11-5-16-28-23)26-13-6-12-25(14-15-26)18-20-7-2-1-3-8-20/h1-4,7-10,17,23H,5-6,11-16,18-19H2. The molecule has 0 radical (unpaired) electrons. The second-order valence-corrected chi connectivity index (χ2v) is 7.88. The van der Waals surface area contributed by atoms with Crippen LogP contribution in [0.15, 0.2) is 54.6 Å². The highest BCUT2D eigenvalue weighted by Gasteiger charge is 2.21. The SMILES string of the molecule is O=C(c1cccc(OCC2CCCO2)c1)N1CCCN(Cc2ccccc2)CC1. The molecule has 0 saturated carbocycles. The van der Waals surface area contributed by atoms with E-state index in [1.165, 1.54) is 5.56 Å². The number of rotatable bonds is 6. The van der Waals surface area contributed by atoms with Crippen LogP contribution in [0.4, 0.5) is 0 Å². The number of nitrogens with zero attached hydrogens (tertiary/aromatic N) is 2. The van der Waals surface area contributed by atoms with Crippen molar-refractivity contribution in [2.24, 2.45) is 0 Å². The molecule has 0 bridgehead atoms. The molecule has 2 heterocycles. The van der Waals surface area contributed by atoms with Gasteiger partial charge in [0.1, 0.15) is 12.4 Å². The lowest BCUT2D eigenvalue weighted by Gasteiger charge is -2.22. The lowest BCUT2D eigenvalue weighted by atomic mass is 10.2. The van der Waals surface area contributed by atoms with E-state index in [0.29, 0.717) is 12.2 Å². The van der Waals surface area contributed by atoms with Crippen LogP contribution >= 0.6 is 0 Å². The van der Waals surface area contributed by atoms with Crippen molar-refractivity contribution in [3.63, 3.8) is 0 Å². The van der Waals surface area contributed by atoms with Gasteiger partial charge < -0.3 is 14.4 Å². The van der Waals surface area contributed by atoms with Gasteiger partial charge in [0.2, 0.25) is 0 Å². The number of amides is 1. The Morgan fingerprint density at radius 3 is 2.72 bits per heavy atom. The molecular weight excluding hydrogens is 364 g/mol. The fourth-order valence-electron chi connectivity index (χ4n) is 4.04. The summed E-state index contributed by atoms with van der Waals surface area (Å²) >= 11 is 0. The molecule has 0 spiro atoms. The molecule has 1 atom stereocenters. The van der Waals surface area contributed by atoms with Crippen LogP contribution in [0.3, 0.4) is 0 Å². The molecule has 2 aliphatic heterocycles. The van der Waals surface area contributed by atoms with E-state index in [-0.39, 0.29) is 12.0 Å².